The first-order chi connectivity index (χ1) is 10.2. The molecule has 0 heterocycles. The third-order valence-electron chi connectivity index (χ3n) is 3.69. The summed E-state index contributed by atoms with van der Waals surface area (Å²) in [6.45, 7) is 0. The third kappa shape index (κ3) is 2.71. The van der Waals surface area contributed by atoms with Crippen molar-refractivity contribution in [2.45, 2.75) is 6.04 Å². The van der Waals surface area contributed by atoms with Gasteiger partial charge in [-0.25, -0.2) is 4.39 Å². The minimum atomic E-state index is -0.182. The number of nitrogens with one attached hydrogen (secondary N) is 1. The number of fused-ring (bicyclic) bond motifs is 1. The first-order valence-electron chi connectivity index (χ1n) is 6.80. The zero-order valence-electron chi connectivity index (χ0n) is 11.6. The smallest absolute Gasteiger partial charge is 0.131 e. The van der Waals surface area contributed by atoms with E-state index in [1.54, 1.807) is 6.07 Å². The standard InChI is InChI=1S/C18H15BrFN/c1-21-18(12-5-4-6-13(19)11-12)16-9-10-17(20)15-8-3-2-7-14(15)16/h2-11,18,21H,1H3. The van der Waals surface area contributed by atoms with Crippen molar-refractivity contribution in [3.63, 3.8) is 0 Å². The Bertz CT molecular complexity index is 785. The van der Waals surface area contributed by atoms with Gasteiger partial charge in [-0.2, -0.15) is 0 Å². The lowest BCUT2D eigenvalue weighted by molar-refractivity contribution is 0.637. The molecule has 0 fully saturated rings. The summed E-state index contributed by atoms with van der Waals surface area (Å²) in [4.78, 5) is 0. The van der Waals surface area contributed by atoms with Gasteiger partial charge in [-0.3, -0.25) is 0 Å². The fourth-order valence-corrected chi connectivity index (χ4v) is 3.14. The maximum atomic E-state index is 14.0. The number of hydrogen-bond acceptors (Lipinski definition) is 1. The molecular formula is C18H15BrFN. The van der Waals surface area contributed by atoms with Crippen molar-refractivity contribution in [3.8, 4) is 0 Å². The molecule has 0 radical (unpaired) electrons. The van der Waals surface area contributed by atoms with Crippen molar-refractivity contribution in [2.75, 3.05) is 7.05 Å². The Morgan fingerprint density at radius 2 is 1.71 bits per heavy atom. The van der Waals surface area contributed by atoms with E-state index in [0.29, 0.717) is 5.39 Å². The Kier molecular flexibility index (Phi) is 4.04. The molecule has 1 unspecified atom stereocenters. The van der Waals surface area contributed by atoms with Crippen molar-refractivity contribution in [3.05, 3.63) is 82.1 Å². The van der Waals surface area contributed by atoms with Gasteiger partial charge in [0.1, 0.15) is 5.82 Å². The summed E-state index contributed by atoms with van der Waals surface area (Å²) in [6, 6.07) is 19.2. The van der Waals surface area contributed by atoms with Crippen molar-refractivity contribution in [2.24, 2.45) is 0 Å². The van der Waals surface area contributed by atoms with Crippen LogP contribution in [0.3, 0.4) is 0 Å². The van der Waals surface area contributed by atoms with Crippen LogP contribution in [0.15, 0.2) is 65.1 Å². The second-order valence-corrected chi connectivity index (χ2v) is 5.87. The molecule has 0 spiro atoms. The summed E-state index contributed by atoms with van der Waals surface area (Å²) < 4.78 is 15.0. The van der Waals surface area contributed by atoms with E-state index in [2.05, 4.69) is 33.4 Å². The third-order valence-corrected chi connectivity index (χ3v) is 4.18. The van der Waals surface area contributed by atoms with Crippen LogP contribution in [0.5, 0.6) is 0 Å². The molecule has 0 saturated heterocycles. The van der Waals surface area contributed by atoms with Crippen LogP contribution in [0.1, 0.15) is 17.2 Å². The average molecular weight is 344 g/mol. The van der Waals surface area contributed by atoms with Crippen LogP contribution in [0.4, 0.5) is 4.39 Å². The zero-order valence-corrected chi connectivity index (χ0v) is 13.2. The molecule has 0 aliphatic rings. The van der Waals surface area contributed by atoms with Crippen LogP contribution < -0.4 is 5.32 Å². The summed E-state index contributed by atoms with van der Waals surface area (Å²) in [6.07, 6.45) is 0. The van der Waals surface area contributed by atoms with E-state index >= 15 is 0 Å². The molecule has 0 aromatic heterocycles. The number of hydrogen-bond donors (Lipinski definition) is 1. The first-order valence-corrected chi connectivity index (χ1v) is 7.60. The number of benzene rings is 3. The van der Waals surface area contributed by atoms with Crippen LogP contribution in [-0.2, 0) is 0 Å². The fourth-order valence-electron chi connectivity index (χ4n) is 2.73. The van der Waals surface area contributed by atoms with Crippen molar-refractivity contribution in [1.29, 1.82) is 0 Å². The van der Waals surface area contributed by atoms with E-state index in [9.17, 15) is 4.39 Å². The molecule has 21 heavy (non-hydrogen) atoms. The molecule has 3 heteroatoms. The van der Waals surface area contributed by atoms with E-state index in [0.717, 1.165) is 21.0 Å². The highest BCUT2D eigenvalue weighted by atomic mass is 79.9. The van der Waals surface area contributed by atoms with Crippen molar-refractivity contribution < 1.29 is 4.39 Å². The molecule has 1 nitrogen and oxygen atoms in total. The van der Waals surface area contributed by atoms with E-state index in [1.165, 1.54) is 0 Å². The van der Waals surface area contributed by atoms with Crippen molar-refractivity contribution in [1.82, 2.24) is 5.32 Å². The van der Waals surface area contributed by atoms with Gasteiger partial charge in [0.05, 0.1) is 6.04 Å². The maximum Gasteiger partial charge on any atom is 0.131 e. The van der Waals surface area contributed by atoms with Gasteiger partial charge in [-0.05, 0) is 41.8 Å². The van der Waals surface area contributed by atoms with Gasteiger partial charge in [-0.1, -0.05) is 58.4 Å². The molecule has 3 rings (SSSR count). The molecule has 0 aliphatic carbocycles. The molecule has 0 aliphatic heterocycles. The largest absolute Gasteiger partial charge is 0.309 e. The van der Waals surface area contributed by atoms with Crippen LogP contribution in [0.2, 0.25) is 0 Å². The van der Waals surface area contributed by atoms with Crippen LogP contribution in [0, 0.1) is 5.82 Å². The predicted octanol–water partition coefficient (Wildman–Crippen LogP) is 5.05. The quantitative estimate of drug-likeness (QED) is 0.701. The van der Waals surface area contributed by atoms with Gasteiger partial charge >= 0.3 is 0 Å². The predicted molar refractivity (Wildman–Crippen MR) is 89.0 cm³/mol. The minimum absolute atomic E-state index is 0.0213. The highest BCUT2D eigenvalue weighted by Gasteiger charge is 2.16. The zero-order chi connectivity index (χ0) is 14.8. The number of halogens is 2. The SMILES string of the molecule is CNC(c1cccc(Br)c1)c1ccc(F)c2ccccc12. The van der Waals surface area contributed by atoms with Crippen LogP contribution in [-0.4, -0.2) is 7.05 Å². The summed E-state index contributed by atoms with van der Waals surface area (Å²) in [5.74, 6) is -0.182. The molecule has 3 aromatic rings. The van der Waals surface area contributed by atoms with Gasteiger partial charge in [0.2, 0.25) is 0 Å². The monoisotopic (exact) mass is 343 g/mol. The van der Waals surface area contributed by atoms with E-state index in [-0.39, 0.29) is 11.9 Å². The Morgan fingerprint density at radius 3 is 2.43 bits per heavy atom. The lowest BCUT2D eigenvalue weighted by atomic mass is 9.93. The summed E-state index contributed by atoms with van der Waals surface area (Å²) in [7, 11) is 1.92. The molecule has 0 bridgehead atoms. The van der Waals surface area contributed by atoms with Gasteiger partial charge in [0, 0.05) is 9.86 Å². The molecule has 1 atom stereocenters. The second-order valence-electron chi connectivity index (χ2n) is 4.96. The van der Waals surface area contributed by atoms with Gasteiger partial charge in [0.25, 0.3) is 0 Å². The Hall–Kier alpha value is -1.71. The molecule has 3 aromatic carbocycles. The highest BCUT2D eigenvalue weighted by Crippen LogP contribution is 2.31. The maximum absolute atomic E-state index is 14.0. The minimum Gasteiger partial charge on any atom is -0.309 e. The summed E-state index contributed by atoms with van der Waals surface area (Å²) in [5.41, 5.74) is 2.22. The molecular weight excluding hydrogens is 329 g/mol. The lowest BCUT2D eigenvalue weighted by Gasteiger charge is -2.20. The van der Waals surface area contributed by atoms with Gasteiger partial charge < -0.3 is 5.32 Å². The van der Waals surface area contributed by atoms with Gasteiger partial charge in [-0.15, -0.1) is 0 Å². The summed E-state index contributed by atoms with van der Waals surface area (Å²) >= 11 is 3.51. The topological polar surface area (TPSA) is 12.0 Å². The Morgan fingerprint density at radius 1 is 0.952 bits per heavy atom. The lowest BCUT2D eigenvalue weighted by Crippen LogP contribution is -2.18. The van der Waals surface area contributed by atoms with Crippen molar-refractivity contribution >= 4 is 26.7 Å². The first kappa shape index (κ1) is 14.2. The Labute approximate surface area is 131 Å². The van der Waals surface area contributed by atoms with E-state index < -0.39 is 0 Å². The molecule has 106 valence electrons. The second kappa shape index (κ2) is 5.96. The fraction of sp³-hybridized carbons (Fsp3) is 0.111. The Balaban J connectivity index is 2.20. The molecule has 0 saturated carbocycles. The van der Waals surface area contributed by atoms with E-state index in [4.69, 9.17) is 0 Å². The molecule has 0 amide bonds. The highest BCUT2D eigenvalue weighted by molar-refractivity contribution is 9.10. The molecule has 1 N–H and O–H groups in total. The van der Waals surface area contributed by atoms with Crippen LogP contribution >= 0.6 is 15.9 Å². The van der Waals surface area contributed by atoms with Crippen LogP contribution in [0.25, 0.3) is 10.8 Å². The summed E-state index contributed by atoms with van der Waals surface area (Å²) in [5, 5.41) is 4.93. The van der Waals surface area contributed by atoms with Gasteiger partial charge in [0.15, 0.2) is 0 Å². The number of rotatable bonds is 3. The van der Waals surface area contributed by atoms with E-state index in [1.807, 2.05) is 49.5 Å². The normalized spacial score (nSPS) is 12.5. The average Bonchev–Trinajstić information content (AvgIpc) is 2.51.